The number of aryl methyl sites for hydroxylation is 4. The Labute approximate surface area is 205 Å². The molecule has 178 valence electrons. The van der Waals surface area contributed by atoms with Gasteiger partial charge in [-0.3, -0.25) is 9.59 Å². The van der Waals surface area contributed by atoms with Crippen molar-refractivity contribution < 1.29 is 14.3 Å². The SMILES string of the molecule is COc1ccc(CCC(=O)N2CCN(C(=O)c3sc(-c4ccc(C)cc4C)nc3C)CC2)cc1. The van der Waals surface area contributed by atoms with Crippen LogP contribution in [0.4, 0.5) is 0 Å². The molecular weight excluding hydrogens is 446 g/mol. The van der Waals surface area contributed by atoms with Crippen LogP contribution in [0.1, 0.15) is 38.5 Å². The fraction of sp³-hybridized carbons (Fsp3) is 0.370. The molecule has 2 amide bonds. The average Bonchev–Trinajstić information content (AvgIpc) is 3.23. The van der Waals surface area contributed by atoms with Gasteiger partial charge in [0, 0.05) is 38.2 Å². The van der Waals surface area contributed by atoms with Gasteiger partial charge < -0.3 is 14.5 Å². The summed E-state index contributed by atoms with van der Waals surface area (Å²) in [6, 6.07) is 14.1. The minimum Gasteiger partial charge on any atom is -0.497 e. The number of rotatable bonds is 6. The molecule has 1 aliphatic heterocycles. The smallest absolute Gasteiger partial charge is 0.265 e. The number of benzene rings is 2. The number of carbonyl (C=O) groups is 2. The van der Waals surface area contributed by atoms with E-state index in [-0.39, 0.29) is 11.8 Å². The van der Waals surface area contributed by atoms with Gasteiger partial charge in [-0.15, -0.1) is 11.3 Å². The van der Waals surface area contributed by atoms with Gasteiger partial charge in [0.1, 0.15) is 15.6 Å². The zero-order valence-electron chi connectivity index (χ0n) is 20.3. The molecule has 1 aromatic heterocycles. The Balaban J connectivity index is 1.33. The molecule has 0 atom stereocenters. The number of nitrogens with zero attached hydrogens (tertiary/aromatic N) is 3. The number of methoxy groups -OCH3 is 1. The molecule has 0 spiro atoms. The maximum Gasteiger partial charge on any atom is 0.265 e. The van der Waals surface area contributed by atoms with Crippen LogP contribution in [0.2, 0.25) is 0 Å². The predicted octanol–water partition coefficient (Wildman–Crippen LogP) is 4.66. The standard InChI is InChI=1S/C27H31N3O3S/c1-18-5-11-23(19(2)17-18)26-28-20(3)25(34-26)27(32)30-15-13-29(14-16-30)24(31)12-8-21-6-9-22(33-4)10-7-21/h5-7,9-11,17H,8,12-16H2,1-4H3. The van der Waals surface area contributed by atoms with Crippen LogP contribution in [0.15, 0.2) is 42.5 Å². The number of hydrogen-bond acceptors (Lipinski definition) is 5. The molecule has 6 nitrogen and oxygen atoms in total. The number of ether oxygens (including phenoxy) is 1. The lowest BCUT2D eigenvalue weighted by atomic mass is 10.1. The van der Waals surface area contributed by atoms with E-state index in [2.05, 4.69) is 32.0 Å². The van der Waals surface area contributed by atoms with Crippen molar-refractivity contribution in [2.45, 2.75) is 33.6 Å². The molecule has 3 aromatic rings. The predicted molar refractivity (Wildman–Crippen MR) is 136 cm³/mol. The first-order valence-electron chi connectivity index (χ1n) is 11.6. The van der Waals surface area contributed by atoms with Gasteiger partial charge in [-0.05, 0) is 50.5 Å². The van der Waals surface area contributed by atoms with Crippen LogP contribution >= 0.6 is 11.3 Å². The minimum absolute atomic E-state index is 0.0105. The number of amides is 2. The third-order valence-electron chi connectivity index (χ3n) is 6.31. The molecule has 7 heteroatoms. The Morgan fingerprint density at radius 2 is 1.65 bits per heavy atom. The second kappa shape index (κ2) is 10.4. The highest BCUT2D eigenvalue weighted by Crippen LogP contribution is 2.31. The molecule has 4 rings (SSSR count). The van der Waals surface area contributed by atoms with Crippen molar-refractivity contribution in [1.82, 2.24) is 14.8 Å². The Hall–Kier alpha value is -3.19. The fourth-order valence-corrected chi connectivity index (χ4v) is 5.39. The molecule has 0 N–H and O–H groups in total. The van der Waals surface area contributed by atoms with Crippen molar-refractivity contribution in [2.75, 3.05) is 33.3 Å². The number of aromatic nitrogens is 1. The summed E-state index contributed by atoms with van der Waals surface area (Å²) in [7, 11) is 1.64. The second-order valence-corrected chi connectivity index (χ2v) is 9.77. The van der Waals surface area contributed by atoms with Gasteiger partial charge in [-0.1, -0.05) is 35.9 Å². The third-order valence-corrected chi connectivity index (χ3v) is 7.49. The van der Waals surface area contributed by atoms with Gasteiger partial charge >= 0.3 is 0 Å². The summed E-state index contributed by atoms with van der Waals surface area (Å²) in [4.78, 5) is 35.0. The van der Waals surface area contributed by atoms with Crippen LogP contribution in [0, 0.1) is 20.8 Å². The molecule has 2 aromatic carbocycles. The Bertz CT molecular complexity index is 1180. The monoisotopic (exact) mass is 477 g/mol. The Kier molecular flexibility index (Phi) is 7.32. The summed E-state index contributed by atoms with van der Waals surface area (Å²) in [6.45, 7) is 8.26. The summed E-state index contributed by atoms with van der Waals surface area (Å²) in [5, 5.41) is 0.880. The van der Waals surface area contributed by atoms with Gasteiger partial charge in [0.15, 0.2) is 0 Å². The van der Waals surface area contributed by atoms with Crippen LogP contribution in [0.25, 0.3) is 10.6 Å². The van der Waals surface area contributed by atoms with E-state index in [1.54, 1.807) is 7.11 Å². The number of piperazine rings is 1. The van der Waals surface area contributed by atoms with E-state index in [0.717, 1.165) is 33.1 Å². The largest absolute Gasteiger partial charge is 0.497 e. The van der Waals surface area contributed by atoms with E-state index >= 15 is 0 Å². The van der Waals surface area contributed by atoms with Gasteiger partial charge in [-0.2, -0.15) is 0 Å². The molecule has 0 saturated carbocycles. The topological polar surface area (TPSA) is 62.7 Å². The third kappa shape index (κ3) is 5.30. The van der Waals surface area contributed by atoms with Crippen LogP contribution in [-0.2, 0) is 11.2 Å². The lowest BCUT2D eigenvalue weighted by molar-refractivity contribution is -0.132. The molecular formula is C27H31N3O3S. The van der Waals surface area contributed by atoms with E-state index < -0.39 is 0 Å². The van der Waals surface area contributed by atoms with Gasteiger partial charge in [-0.25, -0.2) is 4.98 Å². The lowest BCUT2D eigenvalue weighted by Gasteiger charge is -2.34. The second-order valence-electron chi connectivity index (χ2n) is 8.77. The summed E-state index contributed by atoms with van der Waals surface area (Å²) in [5.41, 5.74) is 5.33. The molecule has 2 heterocycles. The molecule has 0 radical (unpaired) electrons. The molecule has 1 aliphatic rings. The van der Waals surface area contributed by atoms with Gasteiger partial charge in [0.2, 0.25) is 5.91 Å². The number of carbonyl (C=O) groups excluding carboxylic acids is 2. The quantitative estimate of drug-likeness (QED) is 0.518. The first-order valence-corrected chi connectivity index (χ1v) is 12.4. The van der Waals surface area contributed by atoms with E-state index in [1.807, 2.05) is 41.0 Å². The highest BCUT2D eigenvalue weighted by atomic mass is 32.1. The summed E-state index contributed by atoms with van der Waals surface area (Å²) in [5.74, 6) is 0.957. The van der Waals surface area contributed by atoms with Crippen molar-refractivity contribution in [3.8, 4) is 16.3 Å². The normalized spacial score (nSPS) is 13.8. The maximum absolute atomic E-state index is 13.2. The molecule has 1 fully saturated rings. The molecule has 0 bridgehead atoms. The van der Waals surface area contributed by atoms with Gasteiger partial charge in [0.05, 0.1) is 12.8 Å². The zero-order chi connectivity index (χ0) is 24.2. The average molecular weight is 478 g/mol. The number of thiazole rings is 1. The van der Waals surface area contributed by atoms with Crippen molar-refractivity contribution >= 4 is 23.2 Å². The fourth-order valence-electron chi connectivity index (χ4n) is 4.27. The van der Waals surface area contributed by atoms with Crippen molar-refractivity contribution in [3.05, 3.63) is 69.7 Å². The summed E-state index contributed by atoms with van der Waals surface area (Å²) in [6.07, 6.45) is 1.16. The lowest BCUT2D eigenvalue weighted by Crippen LogP contribution is -2.50. The van der Waals surface area contributed by atoms with E-state index in [0.29, 0.717) is 43.9 Å². The van der Waals surface area contributed by atoms with Crippen LogP contribution < -0.4 is 4.74 Å². The molecule has 0 aliphatic carbocycles. The summed E-state index contributed by atoms with van der Waals surface area (Å²) < 4.78 is 5.18. The van der Waals surface area contributed by atoms with E-state index in [9.17, 15) is 9.59 Å². The van der Waals surface area contributed by atoms with Crippen molar-refractivity contribution in [1.29, 1.82) is 0 Å². The highest BCUT2D eigenvalue weighted by molar-refractivity contribution is 7.17. The van der Waals surface area contributed by atoms with E-state index in [1.165, 1.54) is 16.9 Å². The molecule has 1 saturated heterocycles. The first kappa shape index (κ1) is 24.0. The molecule has 34 heavy (non-hydrogen) atoms. The maximum atomic E-state index is 13.2. The van der Waals surface area contributed by atoms with Crippen LogP contribution in [0.3, 0.4) is 0 Å². The van der Waals surface area contributed by atoms with Crippen molar-refractivity contribution in [2.24, 2.45) is 0 Å². The van der Waals surface area contributed by atoms with Gasteiger partial charge in [0.25, 0.3) is 5.91 Å². The van der Waals surface area contributed by atoms with Crippen LogP contribution in [-0.4, -0.2) is 59.9 Å². The minimum atomic E-state index is 0.0105. The summed E-state index contributed by atoms with van der Waals surface area (Å²) >= 11 is 1.46. The van der Waals surface area contributed by atoms with Crippen LogP contribution in [0.5, 0.6) is 5.75 Å². The number of hydrogen-bond donors (Lipinski definition) is 0. The first-order chi connectivity index (χ1) is 16.4. The highest BCUT2D eigenvalue weighted by Gasteiger charge is 2.27. The molecule has 0 unspecified atom stereocenters. The Morgan fingerprint density at radius 3 is 2.29 bits per heavy atom. The Morgan fingerprint density at radius 1 is 0.971 bits per heavy atom. The zero-order valence-corrected chi connectivity index (χ0v) is 21.1. The van der Waals surface area contributed by atoms with Crippen molar-refractivity contribution in [3.63, 3.8) is 0 Å². The van der Waals surface area contributed by atoms with E-state index in [4.69, 9.17) is 9.72 Å².